The highest BCUT2D eigenvalue weighted by Gasteiger charge is 2.15. The molecule has 0 N–H and O–H groups in total. The molecular formula is C14H14BrClN2O2. The van der Waals surface area contributed by atoms with Crippen molar-refractivity contribution in [1.29, 1.82) is 0 Å². The Hall–Kier alpha value is -1.33. The second kappa shape index (κ2) is 6.90. The lowest BCUT2D eigenvalue weighted by atomic mass is 10.1. The molecule has 0 spiro atoms. The molecule has 0 bridgehead atoms. The third-order valence-corrected chi connectivity index (χ3v) is 3.71. The van der Waals surface area contributed by atoms with E-state index in [0.717, 1.165) is 21.5 Å². The third-order valence-electron chi connectivity index (χ3n) is 2.83. The van der Waals surface area contributed by atoms with Crippen molar-refractivity contribution < 1.29 is 9.47 Å². The fourth-order valence-electron chi connectivity index (χ4n) is 1.84. The Balaban J connectivity index is 2.21. The molecule has 4 nitrogen and oxygen atoms in total. The number of benzene rings is 1. The van der Waals surface area contributed by atoms with Crippen molar-refractivity contribution in [2.75, 3.05) is 14.2 Å². The third kappa shape index (κ3) is 3.61. The second-order valence-corrected chi connectivity index (χ2v) is 5.55. The van der Waals surface area contributed by atoms with Gasteiger partial charge in [-0.3, -0.25) is 0 Å². The lowest BCUT2D eigenvalue weighted by Crippen LogP contribution is -2.02. The first kappa shape index (κ1) is 15.1. The Morgan fingerprint density at radius 2 is 2.00 bits per heavy atom. The molecule has 20 heavy (non-hydrogen) atoms. The molecule has 0 saturated carbocycles. The van der Waals surface area contributed by atoms with Crippen molar-refractivity contribution in [2.24, 2.45) is 0 Å². The minimum absolute atomic E-state index is 0.238. The van der Waals surface area contributed by atoms with Gasteiger partial charge in [-0.25, -0.2) is 9.97 Å². The number of ether oxygens (including phenoxy) is 2. The highest BCUT2D eigenvalue weighted by Crippen LogP contribution is 2.34. The van der Waals surface area contributed by atoms with Crippen LogP contribution in [0.4, 0.5) is 0 Å². The lowest BCUT2D eigenvalue weighted by Gasteiger charge is -2.14. The summed E-state index contributed by atoms with van der Waals surface area (Å²) in [5.41, 5.74) is 1.75. The van der Waals surface area contributed by atoms with Crippen LogP contribution in [0.2, 0.25) is 0 Å². The van der Waals surface area contributed by atoms with Crippen LogP contribution in [0.15, 0.2) is 35.1 Å². The van der Waals surface area contributed by atoms with Gasteiger partial charge in [0.15, 0.2) is 0 Å². The molecule has 1 unspecified atom stereocenters. The summed E-state index contributed by atoms with van der Waals surface area (Å²) in [4.78, 5) is 8.18. The Morgan fingerprint density at radius 1 is 1.20 bits per heavy atom. The molecule has 1 aromatic heterocycles. The maximum absolute atomic E-state index is 6.48. The number of hydrogen-bond acceptors (Lipinski definition) is 4. The number of hydrogen-bond donors (Lipinski definition) is 0. The molecule has 0 aliphatic rings. The predicted molar refractivity (Wildman–Crippen MR) is 81.6 cm³/mol. The number of rotatable bonds is 5. The quantitative estimate of drug-likeness (QED) is 0.764. The van der Waals surface area contributed by atoms with Gasteiger partial charge in [0.1, 0.15) is 12.1 Å². The Morgan fingerprint density at radius 3 is 2.70 bits per heavy atom. The van der Waals surface area contributed by atoms with Crippen LogP contribution >= 0.6 is 27.5 Å². The summed E-state index contributed by atoms with van der Waals surface area (Å²) in [5.74, 6) is 1.28. The fourth-order valence-corrected chi connectivity index (χ4v) is 2.52. The van der Waals surface area contributed by atoms with Crippen LogP contribution in [0.5, 0.6) is 11.6 Å². The highest BCUT2D eigenvalue weighted by atomic mass is 79.9. The van der Waals surface area contributed by atoms with Crippen LogP contribution in [0.25, 0.3) is 0 Å². The average Bonchev–Trinajstić information content (AvgIpc) is 2.47. The van der Waals surface area contributed by atoms with Crippen molar-refractivity contribution in [3.05, 3.63) is 46.3 Å². The summed E-state index contributed by atoms with van der Waals surface area (Å²) >= 11 is 9.89. The molecule has 0 amide bonds. The molecule has 106 valence electrons. The molecule has 6 heteroatoms. The van der Waals surface area contributed by atoms with Gasteiger partial charge in [-0.15, -0.1) is 11.6 Å². The molecular weight excluding hydrogens is 344 g/mol. The van der Waals surface area contributed by atoms with E-state index in [1.807, 2.05) is 18.2 Å². The maximum Gasteiger partial charge on any atom is 0.216 e. The first-order chi connectivity index (χ1) is 9.63. The van der Waals surface area contributed by atoms with Crippen molar-refractivity contribution in [3.8, 4) is 11.6 Å². The standard InChI is InChI=1S/C14H14BrClN2O2/c1-19-13-5-9(15)3-4-11(13)12(16)6-10-7-14(20-2)18-8-17-10/h3-5,7-8,12H,6H2,1-2H3. The zero-order valence-electron chi connectivity index (χ0n) is 11.1. The van der Waals surface area contributed by atoms with Crippen molar-refractivity contribution in [3.63, 3.8) is 0 Å². The molecule has 1 atom stereocenters. The molecule has 1 heterocycles. The molecule has 0 saturated heterocycles. The van der Waals surface area contributed by atoms with E-state index in [-0.39, 0.29) is 5.38 Å². The molecule has 0 radical (unpaired) electrons. The number of aromatic nitrogens is 2. The van der Waals surface area contributed by atoms with Gasteiger partial charge in [-0.05, 0) is 12.1 Å². The summed E-state index contributed by atoms with van der Waals surface area (Å²) < 4.78 is 11.4. The van der Waals surface area contributed by atoms with Crippen LogP contribution in [0, 0.1) is 0 Å². The van der Waals surface area contributed by atoms with Crippen LogP contribution in [-0.2, 0) is 6.42 Å². The van der Waals surface area contributed by atoms with E-state index >= 15 is 0 Å². The van der Waals surface area contributed by atoms with Crippen LogP contribution in [0.1, 0.15) is 16.6 Å². The van der Waals surface area contributed by atoms with E-state index in [4.69, 9.17) is 21.1 Å². The smallest absolute Gasteiger partial charge is 0.216 e. The van der Waals surface area contributed by atoms with E-state index in [9.17, 15) is 0 Å². The normalized spacial score (nSPS) is 12.0. The van der Waals surface area contributed by atoms with Gasteiger partial charge >= 0.3 is 0 Å². The minimum atomic E-state index is -0.238. The van der Waals surface area contributed by atoms with Crippen molar-refractivity contribution in [1.82, 2.24) is 9.97 Å². The first-order valence-electron chi connectivity index (χ1n) is 5.96. The summed E-state index contributed by atoms with van der Waals surface area (Å²) in [5, 5.41) is -0.238. The van der Waals surface area contributed by atoms with Crippen molar-refractivity contribution >= 4 is 27.5 Å². The number of alkyl halides is 1. The van der Waals surface area contributed by atoms with E-state index in [2.05, 4.69) is 25.9 Å². The summed E-state index contributed by atoms with van der Waals surface area (Å²) in [6, 6.07) is 7.55. The van der Waals surface area contributed by atoms with Crippen LogP contribution in [0.3, 0.4) is 0 Å². The topological polar surface area (TPSA) is 44.2 Å². The zero-order valence-corrected chi connectivity index (χ0v) is 13.5. The largest absolute Gasteiger partial charge is 0.496 e. The van der Waals surface area contributed by atoms with Crippen LogP contribution < -0.4 is 9.47 Å². The lowest BCUT2D eigenvalue weighted by molar-refractivity contribution is 0.395. The number of nitrogens with zero attached hydrogens (tertiary/aromatic N) is 2. The number of methoxy groups -OCH3 is 2. The fraction of sp³-hybridized carbons (Fsp3) is 0.286. The summed E-state index contributed by atoms with van der Waals surface area (Å²) in [6.07, 6.45) is 2.04. The van der Waals surface area contributed by atoms with Gasteiger partial charge in [-0.1, -0.05) is 22.0 Å². The van der Waals surface area contributed by atoms with Gasteiger partial charge < -0.3 is 9.47 Å². The van der Waals surface area contributed by atoms with Gasteiger partial charge in [0.05, 0.1) is 19.6 Å². The molecule has 2 rings (SSSR count). The SMILES string of the molecule is COc1cc(CC(Cl)c2ccc(Br)cc2OC)ncn1. The van der Waals surface area contributed by atoms with Crippen molar-refractivity contribution in [2.45, 2.75) is 11.8 Å². The second-order valence-electron chi connectivity index (χ2n) is 4.11. The van der Waals surface area contributed by atoms with Gasteiger partial charge in [-0.2, -0.15) is 0 Å². The van der Waals surface area contributed by atoms with E-state index in [0.29, 0.717) is 12.3 Å². The summed E-state index contributed by atoms with van der Waals surface area (Å²) in [6.45, 7) is 0. The Bertz CT molecular complexity index is 595. The first-order valence-corrected chi connectivity index (χ1v) is 7.19. The Labute approximate surface area is 131 Å². The minimum Gasteiger partial charge on any atom is -0.496 e. The molecule has 0 aliphatic carbocycles. The van der Waals surface area contributed by atoms with Gasteiger partial charge in [0.25, 0.3) is 0 Å². The molecule has 0 fully saturated rings. The maximum atomic E-state index is 6.48. The highest BCUT2D eigenvalue weighted by molar-refractivity contribution is 9.10. The molecule has 0 aliphatic heterocycles. The van der Waals surface area contributed by atoms with Crippen LogP contribution in [-0.4, -0.2) is 24.2 Å². The monoisotopic (exact) mass is 356 g/mol. The van der Waals surface area contributed by atoms with E-state index in [1.165, 1.54) is 6.33 Å². The summed E-state index contributed by atoms with van der Waals surface area (Å²) in [7, 11) is 3.20. The number of halogens is 2. The zero-order chi connectivity index (χ0) is 14.5. The molecule has 2 aromatic rings. The molecule has 1 aromatic carbocycles. The van der Waals surface area contributed by atoms with E-state index in [1.54, 1.807) is 20.3 Å². The predicted octanol–water partition coefficient (Wildman–Crippen LogP) is 3.78. The Kier molecular flexibility index (Phi) is 5.20. The van der Waals surface area contributed by atoms with Gasteiger partial charge in [0, 0.05) is 28.2 Å². The average molecular weight is 358 g/mol. The van der Waals surface area contributed by atoms with Gasteiger partial charge in [0.2, 0.25) is 5.88 Å². The van der Waals surface area contributed by atoms with E-state index < -0.39 is 0 Å².